The molecule has 0 radical (unpaired) electrons. The summed E-state index contributed by atoms with van der Waals surface area (Å²) in [7, 11) is 0. The maximum Gasteiger partial charge on any atom is 0.247 e. The average molecular weight is 557 g/mol. The van der Waals surface area contributed by atoms with Gasteiger partial charge in [0.2, 0.25) is 23.1 Å². The molecule has 0 atom stereocenters. The molecule has 0 aromatic heterocycles. The van der Waals surface area contributed by atoms with Gasteiger partial charge < -0.3 is 29.3 Å². The Bertz CT molecular complexity index is 762. The molecule has 0 saturated carbocycles. The fourth-order valence-corrected chi connectivity index (χ4v) is 2.21. The van der Waals surface area contributed by atoms with Gasteiger partial charge in [0, 0.05) is 48.8 Å². The van der Waals surface area contributed by atoms with Crippen molar-refractivity contribution in [3.63, 3.8) is 0 Å². The van der Waals surface area contributed by atoms with Crippen molar-refractivity contribution >= 4 is 23.1 Å². The number of hydrogen-bond donors (Lipinski definition) is 0. The molecule has 0 aliphatic carbocycles. The first-order chi connectivity index (χ1) is 17.2. The Labute approximate surface area is 235 Å². The van der Waals surface area contributed by atoms with Gasteiger partial charge in [-0.3, -0.25) is 9.59 Å². The van der Waals surface area contributed by atoms with Crippen molar-refractivity contribution < 1.29 is 60.6 Å². The van der Waals surface area contributed by atoms with Gasteiger partial charge >= 0.3 is 0 Å². The molecule has 9 heteroatoms. The summed E-state index contributed by atoms with van der Waals surface area (Å²) in [6.07, 6.45) is 2.63. The van der Waals surface area contributed by atoms with Crippen LogP contribution in [-0.2, 0) is 31.2 Å². The molecular formula is C28H44O8Ti+4. The van der Waals surface area contributed by atoms with Crippen LogP contribution in [0.5, 0.6) is 0 Å². The first-order valence-electron chi connectivity index (χ1n) is 11.6. The van der Waals surface area contributed by atoms with E-state index in [9.17, 15) is 9.59 Å². The summed E-state index contributed by atoms with van der Waals surface area (Å²) in [5, 5.41) is 13.2. The minimum absolute atomic E-state index is 0. The molecule has 0 aliphatic heterocycles. The number of rotatable bonds is 12. The molecule has 0 unspecified atom stereocenters. The third-order valence-corrected chi connectivity index (χ3v) is 3.73. The van der Waals surface area contributed by atoms with Gasteiger partial charge in [0.1, 0.15) is 13.2 Å². The van der Waals surface area contributed by atoms with Crippen LogP contribution in [0, 0.1) is 12.8 Å². The van der Waals surface area contributed by atoms with Crippen LogP contribution in [0.25, 0.3) is 0 Å². The van der Waals surface area contributed by atoms with Gasteiger partial charge in [-0.1, -0.05) is 47.5 Å². The summed E-state index contributed by atoms with van der Waals surface area (Å²) in [5.74, 6) is 0.346. The van der Waals surface area contributed by atoms with Crippen LogP contribution >= 0.6 is 0 Å². The second-order valence-electron chi connectivity index (χ2n) is 6.97. The molecule has 0 fully saturated rings. The van der Waals surface area contributed by atoms with Crippen molar-refractivity contribution in [1.29, 1.82) is 0 Å². The minimum Gasteiger partial charge on any atom is -0.444 e. The largest absolute Gasteiger partial charge is 0.444 e. The fourth-order valence-electron chi connectivity index (χ4n) is 2.21. The monoisotopic (exact) mass is 556 g/mol. The predicted octanol–water partition coefficient (Wildman–Crippen LogP) is 2.19. The SMILES string of the molecule is CC(=[OH+])[CH-]C(=[OH+])c1ccccc1.CC(=[OH+])[CH-]C(=[OH+])c1ccccc1.CCOCC[OH2+].CCOCC[OH2+].[Ti]. The molecular weight excluding hydrogens is 512 g/mol. The van der Waals surface area contributed by atoms with E-state index in [-0.39, 0.29) is 44.9 Å². The van der Waals surface area contributed by atoms with Gasteiger partial charge in [-0.25, -0.2) is 0 Å². The van der Waals surface area contributed by atoms with Crippen LogP contribution in [0.3, 0.4) is 0 Å². The van der Waals surface area contributed by atoms with Crippen LogP contribution in [0.2, 0.25) is 0 Å². The molecule has 0 amide bonds. The molecule has 0 bridgehead atoms. The molecule has 0 heterocycles. The number of ether oxygens (including phenoxy) is 2. The molecule has 2 aromatic carbocycles. The Balaban J connectivity index is -0.000000436. The van der Waals surface area contributed by atoms with E-state index in [1.165, 1.54) is 26.7 Å². The third-order valence-electron chi connectivity index (χ3n) is 3.73. The Morgan fingerprint density at radius 2 is 0.946 bits per heavy atom. The van der Waals surface area contributed by atoms with E-state index in [4.69, 9.17) is 29.3 Å². The van der Waals surface area contributed by atoms with Crippen molar-refractivity contribution in [2.24, 2.45) is 0 Å². The van der Waals surface area contributed by atoms with E-state index in [1.54, 1.807) is 24.3 Å². The van der Waals surface area contributed by atoms with E-state index in [0.717, 1.165) is 13.2 Å². The zero-order valence-electron chi connectivity index (χ0n) is 22.3. The molecule has 0 spiro atoms. The van der Waals surface area contributed by atoms with E-state index < -0.39 is 0 Å². The van der Waals surface area contributed by atoms with E-state index in [2.05, 4.69) is 0 Å². The van der Waals surface area contributed by atoms with Crippen LogP contribution in [-0.4, -0.2) is 92.2 Å². The fraction of sp³-hybridized carbons (Fsp3) is 0.357. The van der Waals surface area contributed by atoms with Crippen LogP contribution < -0.4 is 0 Å². The molecule has 2 rings (SSSR count). The standard InChI is InChI=1S/2C10H9O2.2C4H10O2.Ti/c2*1-8(11)7-10(12)9-5-3-2-4-6-9;2*1-2-6-4-3-5;/h2*2-7H,1H3;2*5H,2-4H2,1H3;/q2*-1;;;/p+6. The summed E-state index contributed by atoms with van der Waals surface area (Å²) in [4.78, 5) is 36.5. The van der Waals surface area contributed by atoms with Gasteiger partial charge in [-0.2, -0.15) is 0 Å². The van der Waals surface area contributed by atoms with Crippen molar-refractivity contribution in [3.8, 4) is 0 Å². The quantitative estimate of drug-likeness (QED) is 0.0984. The summed E-state index contributed by atoms with van der Waals surface area (Å²) in [5.41, 5.74) is 1.40. The normalized spacial score (nSPS) is 8.81. The molecule has 2 aromatic rings. The number of hydrogen-bond acceptors (Lipinski definition) is 2. The van der Waals surface area contributed by atoms with Crippen molar-refractivity contribution in [2.75, 3.05) is 39.6 Å². The van der Waals surface area contributed by atoms with Crippen LogP contribution in [0.4, 0.5) is 0 Å². The summed E-state index contributed by atoms with van der Waals surface area (Å²) < 4.78 is 9.59. The van der Waals surface area contributed by atoms with Crippen molar-refractivity contribution in [1.82, 2.24) is 0 Å². The van der Waals surface area contributed by atoms with Gasteiger partial charge in [-0.05, 0) is 26.7 Å². The first kappa shape index (κ1) is 38.9. The van der Waals surface area contributed by atoms with Crippen LogP contribution in [0.1, 0.15) is 38.8 Å². The molecule has 0 aliphatic rings. The van der Waals surface area contributed by atoms with E-state index >= 15 is 0 Å². The molecule has 8 nitrogen and oxygen atoms in total. The predicted molar refractivity (Wildman–Crippen MR) is 149 cm³/mol. The molecule has 37 heavy (non-hydrogen) atoms. The van der Waals surface area contributed by atoms with E-state index in [1.807, 2.05) is 50.2 Å². The first-order valence-corrected chi connectivity index (χ1v) is 11.6. The Hall–Kier alpha value is -2.59. The molecule has 8 N–H and O–H groups in total. The zero-order valence-corrected chi connectivity index (χ0v) is 23.8. The number of benzene rings is 2. The summed E-state index contributed by atoms with van der Waals surface area (Å²) in [6, 6.07) is 18.1. The second kappa shape index (κ2) is 28.0. The average Bonchev–Trinajstić information content (AvgIpc) is 2.87. The van der Waals surface area contributed by atoms with Crippen molar-refractivity contribution in [2.45, 2.75) is 27.7 Å². The minimum atomic E-state index is 0. The number of ketones is 4. The third kappa shape index (κ3) is 26.3. The zero-order chi connectivity index (χ0) is 27.6. The maximum absolute atomic E-state index is 9.37. The molecule has 0 saturated heterocycles. The molecule has 204 valence electrons. The topological polar surface area (TPSA) is 150 Å². The maximum atomic E-state index is 9.37. The Kier molecular flexibility index (Phi) is 29.5. The Morgan fingerprint density at radius 1 is 0.649 bits per heavy atom. The van der Waals surface area contributed by atoms with E-state index in [0.29, 0.717) is 37.6 Å². The van der Waals surface area contributed by atoms with Crippen molar-refractivity contribution in [3.05, 3.63) is 84.6 Å². The van der Waals surface area contributed by atoms with Crippen LogP contribution in [0.15, 0.2) is 60.7 Å². The van der Waals surface area contributed by atoms with Gasteiger partial charge in [0.05, 0.1) is 0 Å². The number of carbonyl (C=O) groups excluding carboxylic acids is 4. The van der Waals surface area contributed by atoms with Gasteiger partial charge in [-0.15, -0.1) is 24.3 Å². The van der Waals surface area contributed by atoms with Gasteiger partial charge in [0.25, 0.3) is 0 Å². The summed E-state index contributed by atoms with van der Waals surface area (Å²) >= 11 is 0. The summed E-state index contributed by atoms with van der Waals surface area (Å²) in [6.45, 7) is 10.3. The van der Waals surface area contributed by atoms with Gasteiger partial charge in [0.15, 0.2) is 13.2 Å². The Morgan fingerprint density at radius 3 is 1.14 bits per heavy atom. The smallest absolute Gasteiger partial charge is 0.247 e. The second-order valence-corrected chi connectivity index (χ2v) is 6.97.